The molecule has 0 saturated carbocycles. The van der Waals surface area contributed by atoms with E-state index in [1.165, 1.54) is 0 Å². The van der Waals surface area contributed by atoms with Crippen LogP contribution in [0.3, 0.4) is 0 Å². The Bertz CT molecular complexity index is 155. The van der Waals surface area contributed by atoms with E-state index in [1.54, 1.807) is 0 Å². The van der Waals surface area contributed by atoms with Crippen molar-refractivity contribution in [2.75, 3.05) is 0 Å². The van der Waals surface area contributed by atoms with Crippen LogP contribution in [0.25, 0.3) is 0 Å². The summed E-state index contributed by atoms with van der Waals surface area (Å²) < 4.78 is 0. The molecule has 0 spiro atoms. The van der Waals surface area contributed by atoms with Gasteiger partial charge in [0.15, 0.2) is 0 Å². The molecule has 0 aromatic rings. The maximum Gasteiger partial charge on any atom is 0.404 e. The van der Waals surface area contributed by atoms with Crippen molar-refractivity contribution >= 4 is 6.09 Å². The molecule has 0 aliphatic rings. The molecule has 1 amide bonds. The van der Waals surface area contributed by atoms with E-state index in [9.17, 15) is 4.79 Å². The molecule has 0 bridgehead atoms. The zero-order chi connectivity index (χ0) is 9.40. The summed E-state index contributed by atoms with van der Waals surface area (Å²) in [5.74, 6) is 0. The van der Waals surface area contributed by atoms with Crippen LogP contribution < -0.4 is 5.32 Å². The molecule has 0 aromatic carbocycles. The molecule has 0 aromatic heterocycles. The lowest BCUT2D eigenvalue weighted by Crippen LogP contribution is -2.30. The number of carboxylic acid groups (broad SMARTS) is 1. The van der Waals surface area contributed by atoms with Gasteiger partial charge in [0.2, 0.25) is 0 Å². The molecule has 0 aliphatic heterocycles. The third-order valence-corrected chi connectivity index (χ3v) is 1.61. The molecule has 0 fully saturated rings. The standard InChI is InChI=1S/C9H17NO2/c1-3-4-5-6-7-8(2)10-9(11)12/h3-4,8,10H,5-7H2,1-2H3,(H,11,12). The molecule has 12 heavy (non-hydrogen) atoms. The van der Waals surface area contributed by atoms with Crippen LogP contribution in [-0.2, 0) is 0 Å². The van der Waals surface area contributed by atoms with Gasteiger partial charge in [0.25, 0.3) is 0 Å². The smallest absolute Gasteiger partial charge is 0.404 e. The summed E-state index contributed by atoms with van der Waals surface area (Å²) in [6.45, 7) is 3.86. The molecule has 0 aliphatic carbocycles. The first kappa shape index (κ1) is 11.0. The Labute approximate surface area is 73.5 Å². The van der Waals surface area contributed by atoms with E-state index in [0.717, 1.165) is 19.3 Å². The van der Waals surface area contributed by atoms with Crippen LogP contribution in [0.15, 0.2) is 12.2 Å². The lowest BCUT2D eigenvalue weighted by Gasteiger charge is -2.09. The number of allylic oxidation sites excluding steroid dienone is 2. The second-order valence-electron chi connectivity index (χ2n) is 2.85. The van der Waals surface area contributed by atoms with Crippen molar-refractivity contribution < 1.29 is 9.90 Å². The molecule has 1 unspecified atom stereocenters. The summed E-state index contributed by atoms with van der Waals surface area (Å²) in [6.07, 6.45) is 6.13. The van der Waals surface area contributed by atoms with Gasteiger partial charge in [-0.1, -0.05) is 12.2 Å². The Morgan fingerprint density at radius 1 is 1.67 bits per heavy atom. The van der Waals surface area contributed by atoms with Crippen molar-refractivity contribution in [1.29, 1.82) is 0 Å². The Hall–Kier alpha value is -0.990. The van der Waals surface area contributed by atoms with Gasteiger partial charge in [-0.2, -0.15) is 0 Å². The van der Waals surface area contributed by atoms with Crippen LogP contribution in [0, 0.1) is 0 Å². The molecule has 0 rings (SSSR count). The summed E-state index contributed by atoms with van der Waals surface area (Å²) in [4.78, 5) is 10.2. The van der Waals surface area contributed by atoms with Crippen molar-refractivity contribution in [3.63, 3.8) is 0 Å². The number of carbonyl (C=O) groups is 1. The molecule has 0 saturated heterocycles. The van der Waals surface area contributed by atoms with Gasteiger partial charge in [-0.25, -0.2) is 4.79 Å². The molecular weight excluding hydrogens is 154 g/mol. The van der Waals surface area contributed by atoms with Crippen LogP contribution in [-0.4, -0.2) is 17.2 Å². The van der Waals surface area contributed by atoms with Gasteiger partial charge in [-0.05, 0) is 33.1 Å². The van der Waals surface area contributed by atoms with Crippen LogP contribution in [0.2, 0.25) is 0 Å². The highest BCUT2D eigenvalue weighted by molar-refractivity contribution is 5.64. The van der Waals surface area contributed by atoms with E-state index in [4.69, 9.17) is 5.11 Å². The lowest BCUT2D eigenvalue weighted by atomic mass is 10.1. The predicted molar refractivity (Wildman–Crippen MR) is 49.3 cm³/mol. The molecule has 3 nitrogen and oxygen atoms in total. The van der Waals surface area contributed by atoms with Crippen molar-refractivity contribution in [3.05, 3.63) is 12.2 Å². The number of nitrogens with one attached hydrogen (secondary N) is 1. The fourth-order valence-corrected chi connectivity index (χ4v) is 0.992. The van der Waals surface area contributed by atoms with E-state index in [-0.39, 0.29) is 6.04 Å². The molecule has 0 heterocycles. The summed E-state index contributed by atoms with van der Waals surface area (Å²) >= 11 is 0. The Morgan fingerprint density at radius 2 is 2.33 bits per heavy atom. The second-order valence-corrected chi connectivity index (χ2v) is 2.85. The van der Waals surface area contributed by atoms with Crippen LogP contribution in [0.4, 0.5) is 4.79 Å². The molecule has 70 valence electrons. The molecule has 2 N–H and O–H groups in total. The maximum absolute atomic E-state index is 10.2. The van der Waals surface area contributed by atoms with Gasteiger partial charge in [-0.3, -0.25) is 0 Å². The zero-order valence-electron chi connectivity index (χ0n) is 7.71. The molecule has 3 heteroatoms. The summed E-state index contributed by atoms with van der Waals surface area (Å²) in [5, 5.41) is 10.8. The minimum absolute atomic E-state index is 0.0627. The minimum Gasteiger partial charge on any atom is -0.465 e. The van der Waals surface area contributed by atoms with Crippen LogP contribution >= 0.6 is 0 Å². The lowest BCUT2D eigenvalue weighted by molar-refractivity contribution is 0.190. The molecule has 0 radical (unpaired) electrons. The van der Waals surface area contributed by atoms with Gasteiger partial charge in [0, 0.05) is 6.04 Å². The number of amides is 1. The first-order valence-corrected chi connectivity index (χ1v) is 4.27. The third kappa shape index (κ3) is 7.12. The topological polar surface area (TPSA) is 49.3 Å². The Kier molecular flexibility index (Phi) is 6.15. The SMILES string of the molecule is CC=CCCCC(C)NC(=O)O. The average Bonchev–Trinajstić information content (AvgIpc) is 1.97. The second kappa shape index (κ2) is 6.70. The number of hydrogen-bond acceptors (Lipinski definition) is 1. The predicted octanol–water partition coefficient (Wildman–Crippen LogP) is 2.39. The van der Waals surface area contributed by atoms with Gasteiger partial charge in [0.1, 0.15) is 0 Å². The van der Waals surface area contributed by atoms with E-state index < -0.39 is 6.09 Å². The Morgan fingerprint density at radius 3 is 2.83 bits per heavy atom. The number of hydrogen-bond donors (Lipinski definition) is 2. The monoisotopic (exact) mass is 171 g/mol. The number of unbranched alkanes of at least 4 members (excludes halogenated alkanes) is 1. The highest BCUT2D eigenvalue weighted by Crippen LogP contribution is 2.00. The first-order valence-electron chi connectivity index (χ1n) is 4.27. The van der Waals surface area contributed by atoms with Gasteiger partial charge in [0.05, 0.1) is 0 Å². The van der Waals surface area contributed by atoms with E-state index in [1.807, 2.05) is 19.9 Å². The minimum atomic E-state index is -0.937. The van der Waals surface area contributed by atoms with Crippen molar-refractivity contribution in [3.8, 4) is 0 Å². The van der Waals surface area contributed by atoms with E-state index in [0.29, 0.717) is 0 Å². The van der Waals surface area contributed by atoms with Crippen LogP contribution in [0.5, 0.6) is 0 Å². The largest absolute Gasteiger partial charge is 0.465 e. The van der Waals surface area contributed by atoms with E-state index >= 15 is 0 Å². The summed E-state index contributed by atoms with van der Waals surface area (Å²) in [7, 11) is 0. The summed E-state index contributed by atoms with van der Waals surface area (Å²) in [5.41, 5.74) is 0. The van der Waals surface area contributed by atoms with Crippen molar-refractivity contribution in [2.45, 2.75) is 39.2 Å². The van der Waals surface area contributed by atoms with E-state index in [2.05, 4.69) is 11.4 Å². The van der Waals surface area contributed by atoms with Gasteiger partial charge in [-0.15, -0.1) is 0 Å². The Balaban J connectivity index is 3.31. The zero-order valence-corrected chi connectivity index (χ0v) is 7.71. The highest BCUT2D eigenvalue weighted by atomic mass is 16.4. The fraction of sp³-hybridized carbons (Fsp3) is 0.667. The van der Waals surface area contributed by atoms with Crippen LogP contribution in [0.1, 0.15) is 33.1 Å². The molecular formula is C9H17NO2. The van der Waals surface area contributed by atoms with Gasteiger partial charge >= 0.3 is 6.09 Å². The highest BCUT2D eigenvalue weighted by Gasteiger charge is 2.02. The third-order valence-electron chi connectivity index (χ3n) is 1.61. The maximum atomic E-state index is 10.2. The normalized spacial score (nSPS) is 13.2. The summed E-state index contributed by atoms with van der Waals surface area (Å²) in [6, 6.07) is 0.0627. The molecule has 1 atom stereocenters. The van der Waals surface area contributed by atoms with Crippen molar-refractivity contribution in [2.24, 2.45) is 0 Å². The quantitative estimate of drug-likeness (QED) is 0.493. The average molecular weight is 171 g/mol. The first-order chi connectivity index (χ1) is 5.66. The number of rotatable bonds is 5. The van der Waals surface area contributed by atoms with Gasteiger partial charge < -0.3 is 10.4 Å². The fourth-order valence-electron chi connectivity index (χ4n) is 0.992. The van der Waals surface area contributed by atoms with Crippen molar-refractivity contribution in [1.82, 2.24) is 5.32 Å².